The fraction of sp³-hybridized carbons (Fsp3) is 0.379. The Morgan fingerprint density at radius 1 is 0.283 bits per heavy atom. The summed E-state index contributed by atoms with van der Waals surface area (Å²) in [5, 5.41) is 5.71. The van der Waals surface area contributed by atoms with E-state index < -0.39 is 0 Å². The minimum absolute atomic E-state index is 0.943. The van der Waals surface area contributed by atoms with Crippen LogP contribution in [0, 0.1) is 145 Å². The van der Waals surface area contributed by atoms with Crippen molar-refractivity contribution in [3.8, 4) is 22.5 Å². The molecular weight excluding hydrogens is 725 g/mol. The first-order chi connectivity index (χ1) is 28.1. The van der Waals surface area contributed by atoms with E-state index in [1.807, 2.05) is 0 Å². The number of aryl methyl sites for hydroxylation is 8. The van der Waals surface area contributed by atoms with Gasteiger partial charge in [0.15, 0.2) is 0 Å². The van der Waals surface area contributed by atoms with Crippen molar-refractivity contribution in [3.05, 3.63) is 134 Å². The molecule has 0 aliphatic heterocycles. The Kier molecular flexibility index (Phi) is 8.72. The van der Waals surface area contributed by atoms with Crippen molar-refractivity contribution in [1.82, 2.24) is 9.13 Å². The van der Waals surface area contributed by atoms with Crippen LogP contribution in [-0.4, -0.2) is 9.13 Å². The summed E-state index contributed by atoms with van der Waals surface area (Å²) in [5.74, 6) is 0. The van der Waals surface area contributed by atoms with E-state index in [1.165, 1.54) is 194 Å². The molecule has 60 heavy (non-hydrogen) atoms. The molecule has 0 saturated heterocycles. The van der Waals surface area contributed by atoms with Crippen molar-refractivity contribution >= 4 is 43.6 Å². The van der Waals surface area contributed by atoms with Gasteiger partial charge in [-0.15, -0.1) is 0 Å². The Hall–Kier alpha value is -5.08. The van der Waals surface area contributed by atoms with Gasteiger partial charge in [0.05, 0.1) is 33.4 Å². The SMILES string of the molecule is Cc1cc2c(c(C)c1C)c1c(C)c(C)c(C)c(C)c1n2-c1c(C)c(C)c2c(c1C)Cc1c(C)c(-n3c4c(C)c(C)c(C)c(C)c4c4c(C)c(C)c(C)c(C)c43)c(C)c(C)c1-2. The van der Waals surface area contributed by atoms with Gasteiger partial charge in [0, 0.05) is 21.5 Å². The van der Waals surface area contributed by atoms with Crippen LogP contribution in [0.4, 0.5) is 0 Å². The van der Waals surface area contributed by atoms with Crippen molar-refractivity contribution in [2.75, 3.05) is 0 Å². The third kappa shape index (κ3) is 4.66. The molecule has 2 nitrogen and oxygen atoms in total. The average Bonchev–Trinajstić information content (AvgIpc) is 3.89. The monoisotopic (exact) mass is 791 g/mol. The average molecular weight is 791 g/mol. The zero-order valence-electron chi connectivity index (χ0n) is 40.7. The van der Waals surface area contributed by atoms with Gasteiger partial charge in [-0.1, -0.05) is 0 Å². The van der Waals surface area contributed by atoms with E-state index in [9.17, 15) is 0 Å². The van der Waals surface area contributed by atoms with Gasteiger partial charge in [0.2, 0.25) is 0 Å². The number of hydrogen-bond acceptors (Lipinski definition) is 0. The molecule has 308 valence electrons. The summed E-state index contributed by atoms with van der Waals surface area (Å²) < 4.78 is 5.42. The summed E-state index contributed by atoms with van der Waals surface area (Å²) in [6, 6.07) is 2.48. The van der Waals surface area contributed by atoms with Crippen LogP contribution in [0.1, 0.15) is 128 Å². The summed E-state index contributed by atoms with van der Waals surface area (Å²) in [7, 11) is 0. The molecule has 6 aromatic carbocycles. The quantitative estimate of drug-likeness (QED) is 0.165. The lowest BCUT2D eigenvalue weighted by molar-refractivity contribution is 1.05. The Morgan fingerprint density at radius 2 is 0.600 bits per heavy atom. The van der Waals surface area contributed by atoms with Gasteiger partial charge in [-0.2, -0.15) is 0 Å². The summed E-state index contributed by atoms with van der Waals surface area (Å²) in [5.41, 5.74) is 43.7. The number of hydrogen-bond donors (Lipinski definition) is 0. The molecule has 0 atom stereocenters. The maximum Gasteiger partial charge on any atom is 0.0576 e. The first-order valence-electron chi connectivity index (χ1n) is 22.4. The van der Waals surface area contributed by atoms with E-state index in [0.29, 0.717) is 0 Å². The van der Waals surface area contributed by atoms with Gasteiger partial charge < -0.3 is 9.13 Å². The van der Waals surface area contributed by atoms with Crippen LogP contribution in [-0.2, 0) is 6.42 Å². The zero-order chi connectivity index (χ0) is 43.8. The molecule has 1 aliphatic carbocycles. The molecule has 0 fully saturated rings. The van der Waals surface area contributed by atoms with Crippen LogP contribution >= 0.6 is 0 Å². The van der Waals surface area contributed by atoms with Crippen molar-refractivity contribution < 1.29 is 0 Å². The van der Waals surface area contributed by atoms with Crippen LogP contribution in [0.3, 0.4) is 0 Å². The summed E-state index contributed by atoms with van der Waals surface area (Å²) in [6.07, 6.45) is 0.943. The molecule has 8 aromatic rings. The van der Waals surface area contributed by atoms with Gasteiger partial charge in [-0.05, 0) is 297 Å². The Bertz CT molecular complexity index is 3290. The number of fused-ring (bicyclic) bond motifs is 9. The van der Waals surface area contributed by atoms with Crippen molar-refractivity contribution in [2.45, 2.75) is 152 Å². The lowest BCUT2D eigenvalue weighted by atomic mass is 9.87. The molecule has 0 spiro atoms. The van der Waals surface area contributed by atoms with Gasteiger partial charge >= 0.3 is 0 Å². The van der Waals surface area contributed by atoms with Gasteiger partial charge in [0.1, 0.15) is 0 Å². The zero-order valence-corrected chi connectivity index (χ0v) is 40.7. The molecule has 0 N–H and O–H groups in total. The second-order valence-electron chi connectivity index (χ2n) is 19.5. The topological polar surface area (TPSA) is 9.86 Å². The smallest absolute Gasteiger partial charge is 0.0576 e. The van der Waals surface area contributed by atoms with Crippen LogP contribution in [0.5, 0.6) is 0 Å². The standard InChI is InChI=1S/C58H66N2/c1-24-22-47-50(32(9)25(24)2)51-33(10)26(3)29(6)38(15)56(51)59(47)54-41(18)36(13)48-45(43(54)20)23-46-44(21)55(42(19)37(14)49(46)48)60-57-39(16)30(7)27(4)34(11)52(57)53-35(12)28(5)31(8)40(17)58(53)60/h22H,23H2,1-21H3. The summed E-state index contributed by atoms with van der Waals surface area (Å²) >= 11 is 0. The lowest BCUT2D eigenvalue weighted by Crippen LogP contribution is -2.08. The third-order valence-corrected chi connectivity index (χ3v) is 17.4. The minimum Gasteiger partial charge on any atom is -0.308 e. The molecule has 0 saturated carbocycles. The van der Waals surface area contributed by atoms with Crippen LogP contribution < -0.4 is 0 Å². The predicted octanol–water partition coefficient (Wildman–Crippen LogP) is 15.9. The van der Waals surface area contributed by atoms with Gasteiger partial charge in [-0.25, -0.2) is 0 Å². The molecule has 0 unspecified atom stereocenters. The highest BCUT2D eigenvalue weighted by Gasteiger charge is 2.34. The Labute approximate surface area is 359 Å². The maximum atomic E-state index is 2.73. The lowest BCUT2D eigenvalue weighted by Gasteiger charge is -2.24. The van der Waals surface area contributed by atoms with E-state index in [4.69, 9.17) is 0 Å². The number of benzene rings is 6. The highest BCUT2D eigenvalue weighted by Crippen LogP contribution is 2.52. The second-order valence-corrected chi connectivity index (χ2v) is 19.5. The number of rotatable bonds is 2. The third-order valence-electron chi connectivity index (χ3n) is 17.4. The minimum atomic E-state index is 0.943. The fourth-order valence-corrected chi connectivity index (χ4v) is 12.2. The molecule has 2 aromatic heterocycles. The number of aromatic nitrogens is 2. The maximum absolute atomic E-state index is 2.73. The summed E-state index contributed by atoms with van der Waals surface area (Å²) in [6.45, 7) is 49.6. The van der Waals surface area contributed by atoms with Gasteiger partial charge in [0.25, 0.3) is 0 Å². The Balaban J connectivity index is 1.40. The van der Waals surface area contributed by atoms with Crippen LogP contribution in [0.25, 0.3) is 66.1 Å². The second kappa shape index (κ2) is 13.0. The molecule has 2 heterocycles. The fourth-order valence-electron chi connectivity index (χ4n) is 12.2. The normalized spacial score (nSPS) is 12.7. The van der Waals surface area contributed by atoms with E-state index in [1.54, 1.807) is 0 Å². The Morgan fingerprint density at radius 3 is 1.00 bits per heavy atom. The van der Waals surface area contributed by atoms with Crippen LogP contribution in [0.15, 0.2) is 6.07 Å². The van der Waals surface area contributed by atoms with Crippen molar-refractivity contribution in [1.29, 1.82) is 0 Å². The highest BCUT2D eigenvalue weighted by molar-refractivity contribution is 6.17. The first-order valence-corrected chi connectivity index (χ1v) is 22.4. The highest BCUT2D eigenvalue weighted by atomic mass is 15.0. The molecule has 0 bridgehead atoms. The van der Waals surface area contributed by atoms with E-state index in [0.717, 1.165) is 6.42 Å². The summed E-state index contributed by atoms with van der Waals surface area (Å²) in [4.78, 5) is 0. The number of nitrogens with zero attached hydrogens (tertiary/aromatic N) is 2. The van der Waals surface area contributed by atoms with Crippen molar-refractivity contribution in [3.63, 3.8) is 0 Å². The molecule has 1 aliphatic rings. The van der Waals surface area contributed by atoms with Crippen molar-refractivity contribution in [2.24, 2.45) is 0 Å². The van der Waals surface area contributed by atoms with E-state index in [2.05, 4.69) is 161 Å². The van der Waals surface area contributed by atoms with E-state index in [-0.39, 0.29) is 0 Å². The molecular formula is C58H66N2. The largest absolute Gasteiger partial charge is 0.308 e. The molecule has 0 amide bonds. The predicted molar refractivity (Wildman–Crippen MR) is 263 cm³/mol. The first kappa shape index (κ1) is 40.3. The molecule has 9 rings (SSSR count). The van der Waals surface area contributed by atoms with Gasteiger partial charge in [-0.3, -0.25) is 0 Å². The molecule has 2 heteroatoms. The van der Waals surface area contributed by atoms with Crippen LogP contribution in [0.2, 0.25) is 0 Å². The molecule has 0 radical (unpaired) electrons. The van der Waals surface area contributed by atoms with E-state index >= 15 is 0 Å².